The molecule has 0 radical (unpaired) electrons. The second-order valence-corrected chi connectivity index (χ2v) is 10.4. The first kappa shape index (κ1) is 24.7. The molecule has 0 aromatic carbocycles. The first-order chi connectivity index (χ1) is 17.1. The lowest BCUT2D eigenvalue weighted by Gasteiger charge is -2.40. The van der Waals surface area contributed by atoms with Crippen molar-refractivity contribution in [2.24, 2.45) is 23.0 Å². The summed E-state index contributed by atoms with van der Waals surface area (Å²) >= 11 is 0. The van der Waals surface area contributed by atoms with Gasteiger partial charge in [-0.1, -0.05) is 0 Å². The van der Waals surface area contributed by atoms with E-state index in [2.05, 4.69) is 15.6 Å². The highest BCUT2D eigenvalue weighted by Gasteiger charge is 2.71. The summed E-state index contributed by atoms with van der Waals surface area (Å²) in [6.07, 6.45) is 1.11. The molecule has 0 bridgehead atoms. The lowest BCUT2D eigenvalue weighted by Crippen LogP contribution is -2.54. The minimum absolute atomic E-state index is 0.00753. The van der Waals surface area contributed by atoms with Gasteiger partial charge in [0.1, 0.15) is 22.4 Å². The van der Waals surface area contributed by atoms with Crippen molar-refractivity contribution in [3.8, 4) is 0 Å². The van der Waals surface area contributed by atoms with Crippen LogP contribution in [0.4, 0.5) is 19.0 Å². The predicted octanol–water partition coefficient (Wildman–Crippen LogP) is 3.26. The number of carbonyl (C=O) groups is 3. The average molecular weight is 506 g/mol. The summed E-state index contributed by atoms with van der Waals surface area (Å²) in [6, 6.07) is 5.22. The van der Waals surface area contributed by atoms with Gasteiger partial charge in [0.2, 0.25) is 11.8 Å². The summed E-state index contributed by atoms with van der Waals surface area (Å²) in [5, 5.41) is 6.66. The van der Waals surface area contributed by atoms with Gasteiger partial charge < -0.3 is 20.9 Å². The van der Waals surface area contributed by atoms with Crippen LogP contribution in [0, 0.1) is 17.3 Å². The minimum Gasteiger partial charge on any atom is -0.369 e. The Labute approximate surface area is 206 Å². The van der Waals surface area contributed by atoms with Crippen LogP contribution in [-0.4, -0.2) is 46.4 Å². The molecule has 6 rings (SSSR count). The molecule has 2 aromatic rings. The number of anilines is 1. The molecule has 0 atom stereocenters. The maximum absolute atomic E-state index is 13.8. The van der Waals surface area contributed by atoms with E-state index in [4.69, 9.17) is 5.73 Å². The van der Waals surface area contributed by atoms with Crippen LogP contribution in [0.25, 0.3) is 11.0 Å². The van der Waals surface area contributed by atoms with Gasteiger partial charge in [0.15, 0.2) is 5.78 Å². The smallest absolute Gasteiger partial charge is 0.369 e. The van der Waals surface area contributed by atoms with Crippen molar-refractivity contribution in [2.45, 2.75) is 63.1 Å². The molecule has 3 aliphatic carbocycles. The van der Waals surface area contributed by atoms with Crippen molar-refractivity contribution >= 4 is 34.4 Å². The number of hydrogen-bond donors (Lipinski definition) is 3. The number of fused-ring (bicyclic) bond motifs is 1. The van der Waals surface area contributed by atoms with Crippen molar-refractivity contribution in [1.82, 2.24) is 14.9 Å². The van der Waals surface area contributed by atoms with Gasteiger partial charge >= 0.3 is 6.18 Å². The fourth-order valence-corrected chi connectivity index (χ4v) is 4.99. The first-order valence-electron chi connectivity index (χ1n) is 12.5. The molecule has 194 valence electrons. The van der Waals surface area contributed by atoms with Crippen molar-refractivity contribution < 1.29 is 27.6 Å². The Morgan fingerprint density at radius 3 is 2.14 bits per heavy atom. The SMILES string of the molecule is NC(=O)C1CC1.O=C(Nc1ccc2ccn(C3(C(=O)C4(C(F)(F)F)CC4)CCNCC3)c2n1)C1CC1. The number of aromatic nitrogens is 2. The number of carbonyl (C=O) groups excluding carboxylic acids is 3. The van der Waals surface area contributed by atoms with Crippen LogP contribution < -0.4 is 16.4 Å². The zero-order valence-corrected chi connectivity index (χ0v) is 19.9. The lowest BCUT2D eigenvalue weighted by molar-refractivity contribution is -0.196. The highest BCUT2D eigenvalue weighted by atomic mass is 19.4. The third-order valence-corrected chi connectivity index (χ3v) is 7.76. The van der Waals surface area contributed by atoms with Crippen LogP contribution in [0.3, 0.4) is 0 Å². The molecule has 1 saturated heterocycles. The molecular weight excluding hydrogens is 475 g/mol. The molecule has 8 nitrogen and oxygen atoms in total. The van der Waals surface area contributed by atoms with E-state index in [1.165, 1.54) is 0 Å². The zero-order chi connectivity index (χ0) is 25.7. The molecule has 4 aliphatic rings. The number of nitrogens with one attached hydrogen (secondary N) is 2. The average Bonchev–Trinajstić information content (AvgIpc) is 3.68. The third kappa shape index (κ3) is 4.49. The molecule has 11 heteroatoms. The number of rotatable bonds is 6. The van der Waals surface area contributed by atoms with Crippen molar-refractivity contribution in [2.75, 3.05) is 18.4 Å². The number of primary amides is 1. The van der Waals surface area contributed by atoms with Crippen molar-refractivity contribution in [3.63, 3.8) is 0 Å². The van der Waals surface area contributed by atoms with E-state index < -0.39 is 22.9 Å². The topological polar surface area (TPSA) is 119 Å². The molecule has 3 saturated carbocycles. The molecule has 0 unspecified atom stereocenters. The van der Waals surface area contributed by atoms with Gasteiger partial charge in [-0.15, -0.1) is 0 Å². The standard InChI is InChI=1S/C21H23F3N4O2.C4H7NO/c22-21(23,24)19(6-7-19)18(30)20(8-10-25-11-9-20)28-12-5-13-3-4-15(26-16(13)28)27-17(29)14-1-2-14;5-4(6)3-1-2-3/h3-5,12,14,25H,1-2,6-11H2,(H,26,27,29);3H,1-2H2,(H2,5,6). The fourth-order valence-electron chi connectivity index (χ4n) is 4.99. The Kier molecular flexibility index (Phi) is 6.09. The Hall–Kier alpha value is -2.95. The van der Waals surface area contributed by atoms with Crippen molar-refractivity contribution in [3.05, 3.63) is 24.4 Å². The van der Waals surface area contributed by atoms with Gasteiger partial charge in [0, 0.05) is 23.4 Å². The fraction of sp³-hybridized carbons (Fsp3) is 0.600. The molecular formula is C25H30F3N5O3. The number of amides is 2. The van der Waals surface area contributed by atoms with Crippen molar-refractivity contribution in [1.29, 1.82) is 0 Å². The highest BCUT2D eigenvalue weighted by molar-refractivity contribution is 5.97. The summed E-state index contributed by atoms with van der Waals surface area (Å²) in [4.78, 5) is 40.1. The number of nitrogens with zero attached hydrogens (tertiary/aromatic N) is 2. The predicted molar refractivity (Wildman–Crippen MR) is 126 cm³/mol. The number of ketones is 1. The number of nitrogens with two attached hydrogens (primary N) is 1. The summed E-state index contributed by atoms with van der Waals surface area (Å²) in [5.74, 6) is -0.377. The number of Topliss-reactive ketones (excluding diaryl/α,β-unsaturated/α-hetero) is 1. The van der Waals surface area contributed by atoms with E-state index in [1.54, 1.807) is 29.0 Å². The summed E-state index contributed by atoms with van der Waals surface area (Å²) in [7, 11) is 0. The van der Waals surface area contributed by atoms with Crippen LogP contribution in [-0.2, 0) is 19.9 Å². The summed E-state index contributed by atoms with van der Waals surface area (Å²) in [6.45, 7) is 0.912. The van der Waals surface area contributed by atoms with E-state index in [0.717, 1.165) is 31.1 Å². The van der Waals surface area contributed by atoms with E-state index in [9.17, 15) is 27.6 Å². The molecule has 3 heterocycles. The Morgan fingerprint density at radius 1 is 1.00 bits per heavy atom. The van der Waals surface area contributed by atoms with E-state index in [-0.39, 0.29) is 49.3 Å². The second-order valence-electron chi connectivity index (χ2n) is 10.4. The second kappa shape index (κ2) is 8.86. The van der Waals surface area contributed by atoms with Crippen LogP contribution in [0.5, 0.6) is 0 Å². The van der Waals surface area contributed by atoms with E-state index in [0.29, 0.717) is 24.6 Å². The molecule has 4 fully saturated rings. The molecule has 36 heavy (non-hydrogen) atoms. The largest absolute Gasteiger partial charge is 0.401 e. The van der Waals surface area contributed by atoms with Crippen LogP contribution in [0.2, 0.25) is 0 Å². The third-order valence-electron chi connectivity index (χ3n) is 7.76. The maximum atomic E-state index is 13.8. The van der Waals surface area contributed by atoms with Crippen LogP contribution in [0.1, 0.15) is 51.4 Å². The molecule has 0 spiro atoms. The number of halogens is 3. The zero-order valence-electron chi connectivity index (χ0n) is 19.9. The normalized spacial score (nSPS) is 22.3. The molecule has 2 amide bonds. The number of hydrogen-bond acceptors (Lipinski definition) is 5. The van der Waals surface area contributed by atoms with Crippen LogP contribution >= 0.6 is 0 Å². The van der Waals surface area contributed by atoms with E-state index >= 15 is 0 Å². The summed E-state index contributed by atoms with van der Waals surface area (Å²) < 4.78 is 43.1. The Morgan fingerprint density at radius 2 is 1.64 bits per heavy atom. The van der Waals surface area contributed by atoms with Crippen LogP contribution in [0.15, 0.2) is 24.4 Å². The molecule has 1 aliphatic heterocycles. The molecule has 4 N–H and O–H groups in total. The number of pyridine rings is 1. The van der Waals surface area contributed by atoms with Gasteiger partial charge in [0.05, 0.1) is 0 Å². The quantitative estimate of drug-likeness (QED) is 0.557. The molecule has 2 aromatic heterocycles. The van der Waals surface area contributed by atoms with Gasteiger partial charge in [-0.3, -0.25) is 14.4 Å². The maximum Gasteiger partial charge on any atom is 0.401 e. The monoisotopic (exact) mass is 505 g/mol. The summed E-state index contributed by atoms with van der Waals surface area (Å²) in [5.41, 5.74) is 1.73. The first-order valence-corrected chi connectivity index (χ1v) is 12.5. The van der Waals surface area contributed by atoms with Gasteiger partial charge in [-0.05, 0) is 82.7 Å². The van der Waals surface area contributed by atoms with Gasteiger partial charge in [-0.2, -0.15) is 13.2 Å². The Balaban J connectivity index is 0.000000391. The Bertz CT molecular complexity index is 1190. The number of piperidine rings is 1. The lowest BCUT2D eigenvalue weighted by atomic mass is 9.76. The van der Waals surface area contributed by atoms with Gasteiger partial charge in [-0.25, -0.2) is 4.98 Å². The highest BCUT2D eigenvalue weighted by Crippen LogP contribution is 2.61. The minimum atomic E-state index is -4.55. The van der Waals surface area contributed by atoms with E-state index in [1.807, 2.05) is 0 Å². The number of alkyl halides is 3. The van der Waals surface area contributed by atoms with Gasteiger partial charge in [0.25, 0.3) is 0 Å².